The van der Waals surface area contributed by atoms with Crippen LogP contribution in [0.15, 0.2) is 0 Å². The van der Waals surface area contributed by atoms with Crippen LogP contribution < -0.4 is 10.6 Å². The molecule has 4 nitrogen and oxygen atoms in total. The first kappa shape index (κ1) is 15.9. The molecular weight excluding hydrogens is 245 g/mol. The molecule has 0 aliphatic carbocycles. The van der Waals surface area contributed by atoms with Crippen molar-refractivity contribution in [3.05, 3.63) is 0 Å². The molecule has 1 saturated heterocycles. The van der Waals surface area contributed by atoms with Crippen LogP contribution >= 0.6 is 0 Å². The van der Waals surface area contributed by atoms with Crippen LogP contribution in [0.4, 0.5) is 0 Å². The molecule has 0 aromatic heterocycles. The summed E-state index contributed by atoms with van der Waals surface area (Å²) in [4.78, 5) is 9.74. The summed E-state index contributed by atoms with van der Waals surface area (Å²) >= 11 is 0. The Hall–Kier alpha value is 0.494. The standard InChI is InChI=1S/C6H11N2O2.C2H6.Y/c9-5-7-3-6-4-10-2-1-8-6;1-2;/h6,8H,1-4H2,(H,7,9);1-2H3;/q-1;;. The number of hydrogen-bond acceptors (Lipinski definition) is 3. The van der Waals surface area contributed by atoms with E-state index < -0.39 is 0 Å². The molecule has 0 spiro atoms. The van der Waals surface area contributed by atoms with Gasteiger partial charge in [0.25, 0.3) is 0 Å². The second-order valence-electron chi connectivity index (χ2n) is 2.21. The van der Waals surface area contributed by atoms with E-state index in [2.05, 4.69) is 10.6 Å². The van der Waals surface area contributed by atoms with E-state index in [1.807, 2.05) is 13.8 Å². The minimum absolute atomic E-state index is 0. The predicted octanol–water partition coefficient (Wildman–Crippen LogP) is -0.345. The zero-order valence-corrected chi connectivity index (χ0v) is 11.1. The largest absolute Gasteiger partial charge is 0.529 e. The van der Waals surface area contributed by atoms with Crippen LogP contribution in [0.25, 0.3) is 0 Å². The van der Waals surface area contributed by atoms with Crippen LogP contribution in [-0.2, 0) is 42.2 Å². The van der Waals surface area contributed by atoms with Crippen LogP contribution in [-0.4, -0.2) is 38.8 Å². The van der Waals surface area contributed by atoms with Crippen LogP contribution in [0, 0.1) is 0 Å². The van der Waals surface area contributed by atoms with Crippen molar-refractivity contribution in [2.75, 3.05) is 26.3 Å². The molecule has 0 saturated carbocycles. The Bertz CT molecular complexity index is 108. The number of amides is 1. The Balaban J connectivity index is 0. The average molecular weight is 262 g/mol. The number of ether oxygens (including phenoxy) is 1. The molecule has 2 N–H and O–H groups in total. The second kappa shape index (κ2) is 12.5. The molecule has 1 aliphatic rings. The summed E-state index contributed by atoms with van der Waals surface area (Å²) < 4.78 is 5.15. The summed E-state index contributed by atoms with van der Waals surface area (Å²) in [6.07, 6.45) is 1.62. The minimum Gasteiger partial charge on any atom is -0.529 e. The van der Waals surface area contributed by atoms with E-state index in [4.69, 9.17) is 4.74 Å². The SMILES string of the molecule is CC.O=[C-]NCC1COCCN1.[Y]. The molecule has 13 heavy (non-hydrogen) atoms. The second-order valence-corrected chi connectivity index (χ2v) is 2.21. The molecule has 1 atom stereocenters. The third kappa shape index (κ3) is 8.81. The fourth-order valence-corrected chi connectivity index (χ4v) is 0.916. The van der Waals surface area contributed by atoms with Gasteiger partial charge >= 0.3 is 0 Å². The molecule has 1 radical (unpaired) electrons. The van der Waals surface area contributed by atoms with E-state index in [9.17, 15) is 4.79 Å². The van der Waals surface area contributed by atoms with E-state index in [-0.39, 0.29) is 38.8 Å². The predicted molar refractivity (Wildman–Crippen MR) is 47.7 cm³/mol. The van der Waals surface area contributed by atoms with Gasteiger partial charge in [0.05, 0.1) is 13.2 Å². The maximum Gasteiger partial charge on any atom is 0.0636 e. The van der Waals surface area contributed by atoms with E-state index in [1.54, 1.807) is 6.41 Å². The Kier molecular flexibility index (Phi) is 15.3. The zero-order valence-electron chi connectivity index (χ0n) is 8.30. The van der Waals surface area contributed by atoms with E-state index in [0.717, 1.165) is 13.2 Å². The number of rotatable bonds is 3. The first-order valence-corrected chi connectivity index (χ1v) is 4.34. The normalized spacial score (nSPS) is 20.3. The summed E-state index contributed by atoms with van der Waals surface area (Å²) in [5.74, 6) is 0. The van der Waals surface area contributed by atoms with Gasteiger partial charge in [-0.15, -0.1) is 0 Å². The zero-order chi connectivity index (χ0) is 9.23. The first-order valence-electron chi connectivity index (χ1n) is 4.34. The monoisotopic (exact) mass is 262 g/mol. The summed E-state index contributed by atoms with van der Waals surface area (Å²) in [5, 5.41) is 5.66. The van der Waals surface area contributed by atoms with Crippen molar-refractivity contribution in [1.82, 2.24) is 10.6 Å². The Morgan fingerprint density at radius 3 is 2.77 bits per heavy atom. The van der Waals surface area contributed by atoms with Crippen molar-refractivity contribution in [2.45, 2.75) is 19.9 Å². The van der Waals surface area contributed by atoms with Crippen LogP contribution in [0.1, 0.15) is 13.8 Å². The topological polar surface area (TPSA) is 50.4 Å². The van der Waals surface area contributed by atoms with Crippen LogP contribution in [0.5, 0.6) is 0 Å². The molecule has 0 aromatic rings. The maximum atomic E-state index is 9.74. The van der Waals surface area contributed by atoms with Crippen molar-refractivity contribution in [3.8, 4) is 0 Å². The van der Waals surface area contributed by atoms with E-state index in [1.165, 1.54) is 0 Å². The summed E-state index contributed by atoms with van der Waals surface area (Å²) in [7, 11) is 0. The van der Waals surface area contributed by atoms with Crippen LogP contribution in [0.2, 0.25) is 0 Å². The van der Waals surface area contributed by atoms with Crippen molar-refractivity contribution in [2.24, 2.45) is 0 Å². The van der Waals surface area contributed by atoms with Gasteiger partial charge in [0.2, 0.25) is 0 Å². The minimum atomic E-state index is 0. The number of hydrogen-bond donors (Lipinski definition) is 2. The number of morpholine rings is 1. The quantitative estimate of drug-likeness (QED) is 0.540. The van der Waals surface area contributed by atoms with Gasteiger partial charge in [-0.25, -0.2) is 0 Å². The molecule has 1 rings (SSSR count). The third-order valence-electron chi connectivity index (χ3n) is 1.42. The van der Waals surface area contributed by atoms with Gasteiger partial charge in [-0.2, -0.15) is 6.41 Å². The fraction of sp³-hybridized carbons (Fsp3) is 0.875. The molecule has 1 fully saturated rings. The Labute approximate surface area is 105 Å². The molecule has 1 aliphatic heterocycles. The van der Waals surface area contributed by atoms with Crippen molar-refractivity contribution in [1.29, 1.82) is 0 Å². The van der Waals surface area contributed by atoms with Gasteiger partial charge in [-0.1, -0.05) is 13.8 Å². The fourth-order valence-electron chi connectivity index (χ4n) is 0.916. The molecule has 1 heterocycles. The van der Waals surface area contributed by atoms with Gasteiger partial charge < -0.3 is 20.2 Å². The van der Waals surface area contributed by atoms with Gasteiger partial charge in [-0.3, -0.25) is 0 Å². The third-order valence-corrected chi connectivity index (χ3v) is 1.42. The molecule has 75 valence electrons. The molecule has 5 heteroatoms. The van der Waals surface area contributed by atoms with Crippen molar-refractivity contribution >= 4 is 6.41 Å². The molecule has 0 bridgehead atoms. The summed E-state index contributed by atoms with van der Waals surface area (Å²) in [5.41, 5.74) is 0. The van der Waals surface area contributed by atoms with Gasteiger partial charge in [0, 0.05) is 51.8 Å². The summed E-state index contributed by atoms with van der Waals surface area (Å²) in [6, 6.07) is 0.259. The summed E-state index contributed by atoms with van der Waals surface area (Å²) in [6.45, 7) is 6.91. The molecule has 1 unspecified atom stereocenters. The molecule has 1 amide bonds. The number of carbonyl (C=O) groups excluding carboxylic acids is 1. The van der Waals surface area contributed by atoms with Gasteiger partial charge in [0.15, 0.2) is 0 Å². The van der Waals surface area contributed by atoms with Crippen LogP contribution in [0.3, 0.4) is 0 Å². The van der Waals surface area contributed by atoms with E-state index >= 15 is 0 Å². The van der Waals surface area contributed by atoms with Gasteiger partial charge in [0.1, 0.15) is 0 Å². The average Bonchev–Trinajstić information content (AvgIpc) is 2.19. The van der Waals surface area contributed by atoms with Crippen molar-refractivity contribution < 1.29 is 42.2 Å². The first-order chi connectivity index (χ1) is 5.93. The Morgan fingerprint density at radius 1 is 1.62 bits per heavy atom. The maximum absolute atomic E-state index is 9.74. The van der Waals surface area contributed by atoms with Crippen molar-refractivity contribution in [3.63, 3.8) is 0 Å². The molecule has 0 aromatic carbocycles. The smallest absolute Gasteiger partial charge is 0.0636 e. The Morgan fingerprint density at radius 2 is 2.31 bits per heavy atom. The number of nitrogens with one attached hydrogen (secondary N) is 2. The van der Waals surface area contributed by atoms with E-state index in [0.29, 0.717) is 13.2 Å². The van der Waals surface area contributed by atoms with Gasteiger partial charge in [-0.05, 0) is 0 Å². The molecular formula is C8H17N2O2Y-.